The van der Waals surface area contributed by atoms with Gasteiger partial charge in [0.2, 0.25) is 11.9 Å². The largest absolute Gasteiger partial charge is 0.433 e. The van der Waals surface area contributed by atoms with Crippen molar-refractivity contribution in [1.29, 1.82) is 0 Å². The number of anilines is 1. The van der Waals surface area contributed by atoms with E-state index in [9.17, 15) is 18.0 Å². The Kier molecular flexibility index (Phi) is 5.94. The molecular formula is C14H20F3N5O2. The first kappa shape index (κ1) is 18.4. The van der Waals surface area contributed by atoms with Crippen molar-refractivity contribution in [2.75, 3.05) is 38.2 Å². The van der Waals surface area contributed by atoms with Crippen molar-refractivity contribution in [3.05, 3.63) is 18.0 Å². The van der Waals surface area contributed by atoms with E-state index >= 15 is 0 Å². The number of aromatic nitrogens is 2. The summed E-state index contributed by atoms with van der Waals surface area (Å²) in [5.74, 6) is -0.307. The zero-order valence-corrected chi connectivity index (χ0v) is 13.0. The summed E-state index contributed by atoms with van der Waals surface area (Å²) in [4.78, 5) is 19.4. The topological polar surface area (TPSA) is 102 Å². The number of nitrogens with one attached hydrogen (secondary N) is 2. The molecule has 2 rings (SSSR count). The van der Waals surface area contributed by atoms with E-state index in [1.54, 1.807) is 0 Å². The van der Waals surface area contributed by atoms with E-state index in [1.807, 2.05) is 0 Å². The van der Waals surface area contributed by atoms with Gasteiger partial charge in [0.15, 0.2) is 0 Å². The Bertz CT molecular complexity index is 562. The Labute approximate surface area is 137 Å². The fourth-order valence-electron chi connectivity index (χ4n) is 2.43. The van der Waals surface area contributed by atoms with Crippen LogP contribution in [-0.4, -0.2) is 48.7 Å². The van der Waals surface area contributed by atoms with Gasteiger partial charge < -0.3 is 21.1 Å². The average Bonchev–Trinajstić information content (AvgIpc) is 2.58. The van der Waals surface area contributed by atoms with Crippen molar-refractivity contribution in [1.82, 2.24) is 15.3 Å². The molecule has 0 unspecified atom stereocenters. The van der Waals surface area contributed by atoms with E-state index in [-0.39, 0.29) is 31.5 Å². The second kappa shape index (κ2) is 7.75. The number of alkyl halides is 3. The molecular weight excluding hydrogens is 327 g/mol. The highest BCUT2D eigenvalue weighted by atomic mass is 19.4. The number of halogens is 3. The first-order chi connectivity index (χ1) is 11.4. The van der Waals surface area contributed by atoms with Crippen LogP contribution in [-0.2, 0) is 15.7 Å². The van der Waals surface area contributed by atoms with Gasteiger partial charge >= 0.3 is 6.18 Å². The monoisotopic (exact) mass is 347 g/mol. The Morgan fingerprint density at radius 1 is 1.33 bits per heavy atom. The summed E-state index contributed by atoms with van der Waals surface area (Å²) in [6.07, 6.45) is -2.38. The molecule has 7 nitrogen and oxygen atoms in total. The Morgan fingerprint density at radius 3 is 2.67 bits per heavy atom. The molecule has 0 aromatic carbocycles. The molecule has 1 amide bonds. The molecule has 1 aromatic heterocycles. The van der Waals surface area contributed by atoms with Crippen molar-refractivity contribution >= 4 is 11.9 Å². The lowest BCUT2D eigenvalue weighted by molar-refractivity contribution is -0.141. The summed E-state index contributed by atoms with van der Waals surface area (Å²) in [5.41, 5.74) is 4.08. The zero-order valence-electron chi connectivity index (χ0n) is 13.0. The van der Waals surface area contributed by atoms with Gasteiger partial charge in [0.05, 0.1) is 5.41 Å². The van der Waals surface area contributed by atoms with Crippen molar-refractivity contribution < 1.29 is 22.7 Å². The van der Waals surface area contributed by atoms with Crippen LogP contribution < -0.4 is 16.4 Å². The van der Waals surface area contributed by atoms with E-state index in [0.717, 1.165) is 12.3 Å². The fourth-order valence-corrected chi connectivity index (χ4v) is 2.43. The van der Waals surface area contributed by atoms with E-state index in [4.69, 9.17) is 10.5 Å². The van der Waals surface area contributed by atoms with Crippen LogP contribution in [0.25, 0.3) is 0 Å². The minimum absolute atomic E-state index is 0.140. The zero-order chi connectivity index (χ0) is 17.6. The molecule has 1 aromatic rings. The van der Waals surface area contributed by atoms with Gasteiger partial charge in [-0.2, -0.15) is 13.2 Å². The Balaban J connectivity index is 1.81. The van der Waals surface area contributed by atoms with Crippen LogP contribution in [0.15, 0.2) is 12.3 Å². The molecule has 1 aliphatic rings. The second-order valence-corrected chi connectivity index (χ2v) is 5.54. The van der Waals surface area contributed by atoms with E-state index in [1.165, 1.54) is 0 Å². The van der Waals surface area contributed by atoms with Crippen molar-refractivity contribution in [3.63, 3.8) is 0 Å². The van der Waals surface area contributed by atoms with Gasteiger partial charge in [-0.25, -0.2) is 9.97 Å². The predicted octanol–water partition coefficient (Wildman–Crippen LogP) is 0.779. The summed E-state index contributed by atoms with van der Waals surface area (Å²) in [6.45, 7) is 1.62. The van der Waals surface area contributed by atoms with Gasteiger partial charge in [0, 0.05) is 39.0 Å². The summed E-state index contributed by atoms with van der Waals surface area (Å²) < 4.78 is 42.9. The lowest BCUT2D eigenvalue weighted by Gasteiger charge is -2.34. The number of nitrogens with zero attached hydrogens (tertiary/aromatic N) is 2. The van der Waals surface area contributed by atoms with Gasteiger partial charge in [0.25, 0.3) is 0 Å². The van der Waals surface area contributed by atoms with Crippen LogP contribution in [0, 0.1) is 5.41 Å². The van der Waals surface area contributed by atoms with Gasteiger partial charge in [-0.15, -0.1) is 0 Å². The normalized spacial score (nSPS) is 17.3. The number of nitrogens with two attached hydrogens (primary N) is 1. The van der Waals surface area contributed by atoms with E-state index in [2.05, 4.69) is 20.6 Å². The lowest BCUT2D eigenvalue weighted by atomic mass is 9.79. The number of carbonyl (C=O) groups is 1. The molecule has 1 aliphatic heterocycles. The standard InChI is InChI=1S/C14H20F3N5O2/c15-14(16,17)10-1-4-20-12(22-10)21-6-5-19-11(23)13(9-18)2-7-24-8-3-13/h1,4H,2-3,5-9,18H2,(H,19,23)(H,20,21,22). The number of ether oxygens (including phenoxy) is 1. The average molecular weight is 347 g/mol. The molecule has 0 bridgehead atoms. The number of carbonyl (C=O) groups excluding carboxylic acids is 1. The van der Waals surface area contributed by atoms with Crippen LogP contribution >= 0.6 is 0 Å². The smallest absolute Gasteiger partial charge is 0.381 e. The molecule has 0 atom stereocenters. The van der Waals surface area contributed by atoms with Crippen LogP contribution in [0.5, 0.6) is 0 Å². The maximum Gasteiger partial charge on any atom is 0.433 e. The molecule has 1 fully saturated rings. The molecule has 1 saturated heterocycles. The molecule has 0 aliphatic carbocycles. The molecule has 134 valence electrons. The first-order valence-electron chi connectivity index (χ1n) is 7.58. The fraction of sp³-hybridized carbons (Fsp3) is 0.643. The number of hydrogen-bond acceptors (Lipinski definition) is 6. The van der Waals surface area contributed by atoms with Gasteiger partial charge in [-0.3, -0.25) is 4.79 Å². The van der Waals surface area contributed by atoms with Crippen LogP contribution in [0.3, 0.4) is 0 Å². The maximum atomic E-state index is 12.6. The Hall–Kier alpha value is -1.94. The second-order valence-electron chi connectivity index (χ2n) is 5.54. The molecule has 0 radical (unpaired) electrons. The van der Waals surface area contributed by atoms with Gasteiger partial charge in [0.1, 0.15) is 5.69 Å². The molecule has 0 saturated carbocycles. The van der Waals surface area contributed by atoms with Crippen LogP contribution in [0.4, 0.5) is 19.1 Å². The minimum Gasteiger partial charge on any atom is -0.381 e. The van der Waals surface area contributed by atoms with Gasteiger partial charge in [-0.1, -0.05) is 0 Å². The number of rotatable bonds is 6. The highest BCUT2D eigenvalue weighted by Gasteiger charge is 2.38. The lowest BCUT2D eigenvalue weighted by Crippen LogP contribution is -2.50. The molecule has 0 spiro atoms. The third-order valence-electron chi connectivity index (χ3n) is 3.96. The summed E-state index contributed by atoms with van der Waals surface area (Å²) in [6, 6.07) is 0.795. The van der Waals surface area contributed by atoms with Crippen LogP contribution in [0.2, 0.25) is 0 Å². The third-order valence-corrected chi connectivity index (χ3v) is 3.96. The third kappa shape index (κ3) is 4.54. The van der Waals surface area contributed by atoms with E-state index < -0.39 is 17.3 Å². The van der Waals surface area contributed by atoms with Crippen LogP contribution in [0.1, 0.15) is 18.5 Å². The molecule has 10 heteroatoms. The molecule has 4 N–H and O–H groups in total. The molecule has 2 heterocycles. The first-order valence-corrected chi connectivity index (χ1v) is 7.58. The quantitative estimate of drug-likeness (QED) is 0.657. The maximum absolute atomic E-state index is 12.6. The van der Waals surface area contributed by atoms with Crippen molar-refractivity contribution in [2.45, 2.75) is 19.0 Å². The van der Waals surface area contributed by atoms with E-state index in [0.29, 0.717) is 26.1 Å². The highest BCUT2D eigenvalue weighted by molar-refractivity contribution is 5.83. The minimum atomic E-state index is -4.52. The number of hydrogen-bond donors (Lipinski definition) is 3. The predicted molar refractivity (Wildman–Crippen MR) is 80.1 cm³/mol. The summed E-state index contributed by atoms with van der Waals surface area (Å²) in [5, 5.41) is 5.40. The van der Waals surface area contributed by atoms with Crippen molar-refractivity contribution in [3.8, 4) is 0 Å². The van der Waals surface area contributed by atoms with Gasteiger partial charge in [-0.05, 0) is 18.9 Å². The highest BCUT2D eigenvalue weighted by Crippen LogP contribution is 2.29. The SMILES string of the molecule is NCC1(C(=O)NCCNc2nccc(C(F)(F)F)n2)CCOCC1. The molecule has 24 heavy (non-hydrogen) atoms. The summed E-state index contributed by atoms with van der Waals surface area (Å²) >= 11 is 0. The Morgan fingerprint density at radius 2 is 2.04 bits per heavy atom. The number of amides is 1. The summed E-state index contributed by atoms with van der Waals surface area (Å²) in [7, 11) is 0. The van der Waals surface area contributed by atoms with Crippen molar-refractivity contribution in [2.24, 2.45) is 11.1 Å².